The number of piperazine rings is 1. The molecule has 3 nitrogen and oxygen atoms in total. The van der Waals surface area contributed by atoms with Crippen molar-refractivity contribution in [1.82, 2.24) is 9.88 Å². The van der Waals surface area contributed by atoms with Gasteiger partial charge in [0.1, 0.15) is 5.82 Å². The van der Waals surface area contributed by atoms with E-state index < -0.39 is 6.30 Å². The molecular formula is C10H12F3N3. The summed E-state index contributed by atoms with van der Waals surface area (Å²) in [6.07, 6.45) is -2.57. The van der Waals surface area contributed by atoms with E-state index in [1.165, 1.54) is 0 Å². The number of hydrogen-bond donors (Lipinski definition) is 0. The lowest BCUT2D eigenvalue weighted by molar-refractivity contribution is -0.246. The molecule has 0 bridgehead atoms. The third kappa shape index (κ3) is 2.44. The topological polar surface area (TPSA) is 19.4 Å². The first-order chi connectivity index (χ1) is 7.57. The van der Waals surface area contributed by atoms with Gasteiger partial charge in [0.2, 0.25) is 0 Å². The molecule has 1 fully saturated rings. The molecule has 0 spiro atoms. The van der Waals surface area contributed by atoms with E-state index in [1.807, 2.05) is 17.0 Å². The maximum Gasteiger partial charge on any atom is 0.460 e. The second kappa shape index (κ2) is 4.29. The zero-order chi connectivity index (χ0) is 11.6. The van der Waals surface area contributed by atoms with Gasteiger partial charge in [-0.2, -0.15) is 13.2 Å². The number of halogens is 3. The summed E-state index contributed by atoms with van der Waals surface area (Å²) in [6, 6.07) is 5.43. The molecule has 0 unspecified atom stereocenters. The Hall–Kier alpha value is -1.30. The zero-order valence-electron chi connectivity index (χ0n) is 8.61. The quantitative estimate of drug-likeness (QED) is 0.686. The molecular weight excluding hydrogens is 219 g/mol. The number of hydrogen-bond acceptors (Lipinski definition) is 3. The first-order valence-electron chi connectivity index (χ1n) is 5.05. The normalized spacial score (nSPS) is 18.8. The van der Waals surface area contributed by atoms with Crippen molar-refractivity contribution >= 4 is 5.82 Å². The second-order valence-corrected chi connectivity index (χ2v) is 3.63. The summed E-state index contributed by atoms with van der Waals surface area (Å²) in [5, 5.41) is 0. The van der Waals surface area contributed by atoms with E-state index in [9.17, 15) is 13.2 Å². The van der Waals surface area contributed by atoms with Gasteiger partial charge in [-0.1, -0.05) is 6.07 Å². The van der Waals surface area contributed by atoms with Gasteiger partial charge >= 0.3 is 6.30 Å². The van der Waals surface area contributed by atoms with Gasteiger partial charge in [-0.3, -0.25) is 0 Å². The van der Waals surface area contributed by atoms with Crippen LogP contribution in [0.1, 0.15) is 0 Å². The summed E-state index contributed by atoms with van der Waals surface area (Å²) in [5.41, 5.74) is 0. The lowest BCUT2D eigenvalue weighted by Crippen LogP contribution is -2.52. The molecule has 0 aromatic carbocycles. The number of nitrogens with zero attached hydrogens (tertiary/aromatic N) is 3. The van der Waals surface area contributed by atoms with Crippen LogP contribution in [-0.2, 0) is 0 Å². The number of alkyl halides is 3. The van der Waals surface area contributed by atoms with Gasteiger partial charge in [0, 0.05) is 32.4 Å². The molecule has 2 rings (SSSR count). The molecule has 88 valence electrons. The maximum absolute atomic E-state index is 12.4. The van der Waals surface area contributed by atoms with Gasteiger partial charge < -0.3 is 4.90 Å². The summed E-state index contributed by atoms with van der Waals surface area (Å²) < 4.78 is 37.1. The van der Waals surface area contributed by atoms with Crippen LogP contribution in [0.5, 0.6) is 0 Å². The van der Waals surface area contributed by atoms with Crippen LogP contribution in [0, 0.1) is 0 Å². The van der Waals surface area contributed by atoms with Crippen LogP contribution in [0.4, 0.5) is 19.0 Å². The molecule has 1 aromatic rings. The van der Waals surface area contributed by atoms with Crippen LogP contribution in [0.15, 0.2) is 24.4 Å². The highest BCUT2D eigenvalue weighted by Crippen LogP contribution is 2.23. The number of aromatic nitrogens is 1. The SMILES string of the molecule is FC(F)(F)N1CCN(c2ccccn2)CC1. The van der Waals surface area contributed by atoms with Crippen molar-refractivity contribution in [1.29, 1.82) is 0 Å². The van der Waals surface area contributed by atoms with Gasteiger partial charge in [0.25, 0.3) is 0 Å². The minimum Gasteiger partial charge on any atom is -0.354 e. The van der Waals surface area contributed by atoms with E-state index in [2.05, 4.69) is 4.98 Å². The molecule has 1 aromatic heterocycles. The molecule has 0 amide bonds. The second-order valence-electron chi connectivity index (χ2n) is 3.63. The molecule has 1 saturated heterocycles. The zero-order valence-corrected chi connectivity index (χ0v) is 8.61. The molecule has 2 heterocycles. The van der Waals surface area contributed by atoms with Crippen LogP contribution in [0.3, 0.4) is 0 Å². The Balaban J connectivity index is 1.96. The Morgan fingerprint density at radius 1 is 1.06 bits per heavy atom. The fourth-order valence-electron chi connectivity index (χ4n) is 1.73. The summed E-state index contributed by atoms with van der Waals surface area (Å²) in [4.78, 5) is 6.51. The lowest BCUT2D eigenvalue weighted by Gasteiger charge is -2.35. The number of anilines is 1. The monoisotopic (exact) mass is 231 g/mol. The summed E-state index contributed by atoms with van der Waals surface area (Å²) in [6.45, 7) is 0.715. The minimum atomic E-state index is -4.21. The smallest absolute Gasteiger partial charge is 0.354 e. The Bertz CT molecular complexity index is 331. The van der Waals surface area contributed by atoms with Crippen LogP contribution in [0.25, 0.3) is 0 Å². The Kier molecular flexibility index (Phi) is 3.00. The average Bonchev–Trinajstić information content (AvgIpc) is 2.29. The number of rotatable bonds is 1. The maximum atomic E-state index is 12.4. The Morgan fingerprint density at radius 2 is 1.75 bits per heavy atom. The molecule has 0 saturated carbocycles. The van der Waals surface area contributed by atoms with Crippen LogP contribution >= 0.6 is 0 Å². The van der Waals surface area contributed by atoms with Gasteiger partial charge in [0.15, 0.2) is 0 Å². The predicted molar refractivity (Wildman–Crippen MR) is 54.1 cm³/mol. The molecule has 0 atom stereocenters. The fraction of sp³-hybridized carbons (Fsp3) is 0.500. The molecule has 0 N–H and O–H groups in total. The third-order valence-corrected chi connectivity index (χ3v) is 2.61. The van der Waals surface area contributed by atoms with Gasteiger partial charge in [0.05, 0.1) is 0 Å². The van der Waals surface area contributed by atoms with E-state index in [0.29, 0.717) is 18.0 Å². The van der Waals surface area contributed by atoms with Crippen molar-refractivity contribution in [3.05, 3.63) is 24.4 Å². The van der Waals surface area contributed by atoms with E-state index in [4.69, 9.17) is 0 Å². The summed E-state index contributed by atoms with van der Waals surface area (Å²) >= 11 is 0. The summed E-state index contributed by atoms with van der Waals surface area (Å²) in [5.74, 6) is 0.740. The first-order valence-corrected chi connectivity index (χ1v) is 5.05. The highest BCUT2D eigenvalue weighted by atomic mass is 19.4. The van der Waals surface area contributed by atoms with Crippen LogP contribution < -0.4 is 4.90 Å². The molecule has 1 aliphatic heterocycles. The molecule has 1 aliphatic rings. The van der Waals surface area contributed by atoms with E-state index >= 15 is 0 Å². The van der Waals surface area contributed by atoms with Gasteiger partial charge in [-0.05, 0) is 12.1 Å². The Morgan fingerprint density at radius 3 is 2.25 bits per heavy atom. The molecule has 6 heteroatoms. The van der Waals surface area contributed by atoms with Crippen molar-refractivity contribution in [2.45, 2.75) is 6.30 Å². The highest BCUT2D eigenvalue weighted by molar-refractivity contribution is 5.38. The minimum absolute atomic E-state index is 0.0000737. The number of pyridine rings is 1. The molecule has 0 aliphatic carbocycles. The van der Waals surface area contributed by atoms with Crippen molar-refractivity contribution < 1.29 is 13.2 Å². The van der Waals surface area contributed by atoms with Crippen molar-refractivity contribution in [2.75, 3.05) is 31.1 Å². The fourth-order valence-corrected chi connectivity index (χ4v) is 1.73. The largest absolute Gasteiger partial charge is 0.460 e. The van der Waals surface area contributed by atoms with Crippen molar-refractivity contribution in [2.24, 2.45) is 0 Å². The predicted octanol–water partition coefficient (Wildman–Crippen LogP) is 1.72. The first kappa shape index (κ1) is 11.2. The standard InChI is InChI=1S/C10H12F3N3/c11-10(12,13)16-7-5-15(6-8-16)9-3-1-2-4-14-9/h1-4H,5-8H2. The average molecular weight is 231 g/mol. The molecule has 16 heavy (non-hydrogen) atoms. The third-order valence-electron chi connectivity index (χ3n) is 2.61. The van der Waals surface area contributed by atoms with Gasteiger partial charge in [-0.15, -0.1) is 0 Å². The van der Waals surface area contributed by atoms with E-state index in [1.54, 1.807) is 12.3 Å². The van der Waals surface area contributed by atoms with E-state index in [-0.39, 0.29) is 13.1 Å². The van der Waals surface area contributed by atoms with Crippen molar-refractivity contribution in [3.8, 4) is 0 Å². The van der Waals surface area contributed by atoms with Gasteiger partial charge in [-0.25, -0.2) is 9.88 Å². The van der Waals surface area contributed by atoms with Crippen LogP contribution in [-0.4, -0.2) is 42.4 Å². The lowest BCUT2D eigenvalue weighted by atomic mass is 10.3. The van der Waals surface area contributed by atoms with Crippen molar-refractivity contribution in [3.63, 3.8) is 0 Å². The van der Waals surface area contributed by atoms with E-state index in [0.717, 1.165) is 5.82 Å². The molecule has 0 radical (unpaired) electrons. The Labute approximate surface area is 91.5 Å². The highest BCUT2D eigenvalue weighted by Gasteiger charge is 2.38. The van der Waals surface area contributed by atoms with Crippen LogP contribution in [0.2, 0.25) is 0 Å². The summed E-state index contributed by atoms with van der Waals surface area (Å²) in [7, 11) is 0.